The molecule has 18 heavy (non-hydrogen) atoms. The van der Waals surface area contributed by atoms with E-state index in [4.69, 9.17) is 9.84 Å². The Hall–Kier alpha value is -2.08. The zero-order chi connectivity index (χ0) is 13.4. The van der Waals surface area contributed by atoms with E-state index >= 15 is 0 Å². The zero-order valence-electron chi connectivity index (χ0n) is 10.1. The summed E-state index contributed by atoms with van der Waals surface area (Å²) in [6.07, 6.45) is 0. The van der Waals surface area contributed by atoms with Gasteiger partial charge in [-0.15, -0.1) is 0 Å². The minimum atomic E-state index is -1.06. The number of nitrogens with one attached hydrogen (secondary N) is 2. The number of hydrogen-bond acceptors (Lipinski definition) is 4. The van der Waals surface area contributed by atoms with Gasteiger partial charge in [-0.1, -0.05) is 12.1 Å². The summed E-state index contributed by atoms with van der Waals surface area (Å²) in [5, 5.41) is 13.6. The van der Waals surface area contributed by atoms with E-state index in [-0.39, 0.29) is 19.0 Å². The molecule has 1 rings (SSSR count). The number of carboxylic acid groups (broad SMARTS) is 1. The number of benzene rings is 1. The van der Waals surface area contributed by atoms with E-state index in [1.165, 1.54) is 0 Å². The molecule has 1 aromatic rings. The van der Waals surface area contributed by atoms with Crippen LogP contribution in [0.4, 0.5) is 0 Å². The van der Waals surface area contributed by atoms with Crippen molar-refractivity contribution in [1.82, 2.24) is 10.6 Å². The molecule has 1 aromatic carbocycles. The smallest absolute Gasteiger partial charge is 0.322 e. The molecule has 0 saturated heterocycles. The van der Waals surface area contributed by atoms with Gasteiger partial charge in [-0.3, -0.25) is 9.59 Å². The van der Waals surface area contributed by atoms with Crippen LogP contribution in [0.25, 0.3) is 0 Å². The Morgan fingerprint density at radius 3 is 2.78 bits per heavy atom. The molecule has 0 saturated carbocycles. The van der Waals surface area contributed by atoms with E-state index in [2.05, 4.69) is 10.6 Å². The van der Waals surface area contributed by atoms with Gasteiger partial charge in [-0.05, 0) is 17.7 Å². The van der Waals surface area contributed by atoms with E-state index in [9.17, 15) is 9.59 Å². The van der Waals surface area contributed by atoms with E-state index in [1.807, 2.05) is 24.3 Å². The second-order valence-electron chi connectivity index (χ2n) is 3.63. The summed E-state index contributed by atoms with van der Waals surface area (Å²) in [5.74, 6) is -0.652. The second-order valence-corrected chi connectivity index (χ2v) is 3.63. The van der Waals surface area contributed by atoms with Gasteiger partial charge in [-0.25, -0.2) is 0 Å². The van der Waals surface area contributed by atoms with Crippen LogP contribution in [0.3, 0.4) is 0 Å². The molecule has 6 heteroatoms. The zero-order valence-corrected chi connectivity index (χ0v) is 10.1. The van der Waals surface area contributed by atoms with Crippen LogP contribution in [0.2, 0.25) is 0 Å². The fourth-order valence-electron chi connectivity index (χ4n) is 1.34. The van der Waals surface area contributed by atoms with Crippen molar-refractivity contribution in [1.29, 1.82) is 0 Å². The van der Waals surface area contributed by atoms with Gasteiger partial charge < -0.3 is 20.5 Å². The first-order chi connectivity index (χ1) is 8.61. The molecule has 0 aliphatic rings. The summed E-state index contributed by atoms with van der Waals surface area (Å²) in [6.45, 7) is 0.224. The molecule has 0 radical (unpaired) electrons. The number of carbonyl (C=O) groups excluding carboxylic acids is 1. The van der Waals surface area contributed by atoms with Gasteiger partial charge in [0.05, 0.1) is 13.7 Å². The standard InChI is InChI=1S/C12H16N2O4/c1-18-10-4-2-3-9(5-10)6-13-7-11(15)14-8-12(16)17/h2-5,13H,6-8H2,1H3,(H,14,15)(H,16,17). The SMILES string of the molecule is COc1cccc(CNCC(=O)NCC(=O)O)c1. The number of rotatable bonds is 7. The van der Waals surface area contributed by atoms with Crippen LogP contribution in [0.15, 0.2) is 24.3 Å². The lowest BCUT2D eigenvalue weighted by molar-refractivity contribution is -0.137. The monoisotopic (exact) mass is 252 g/mol. The molecule has 0 bridgehead atoms. The number of ether oxygens (including phenoxy) is 1. The van der Waals surface area contributed by atoms with Crippen LogP contribution in [0, 0.1) is 0 Å². The molecule has 0 heterocycles. The molecule has 0 aliphatic heterocycles. The molecule has 3 N–H and O–H groups in total. The average molecular weight is 252 g/mol. The lowest BCUT2D eigenvalue weighted by Crippen LogP contribution is -2.36. The first-order valence-corrected chi connectivity index (χ1v) is 5.44. The number of hydrogen-bond donors (Lipinski definition) is 3. The first kappa shape index (κ1) is 14.0. The van der Waals surface area contributed by atoms with E-state index in [1.54, 1.807) is 7.11 Å². The van der Waals surface area contributed by atoms with Crippen molar-refractivity contribution in [3.8, 4) is 5.75 Å². The van der Waals surface area contributed by atoms with Crippen molar-refractivity contribution in [2.45, 2.75) is 6.54 Å². The van der Waals surface area contributed by atoms with Crippen LogP contribution in [0.1, 0.15) is 5.56 Å². The Labute approximate surface area is 105 Å². The predicted octanol–water partition coefficient (Wildman–Crippen LogP) is -0.0144. The Morgan fingerprint density at radius 2 is 2.11 bits per heavy atom. The Bertz CT molecular complexity index is 420. The maximum Gasteiger partial charge on any atom is 0.322 e. The highest BCUT2D eigenvalue weighted by molar-refractivity contribution is 5.82. The van der Waals surface area contributed by atoms with Gasteiger partial charge in [0.1, 0.15) is 12.3 Å². The number of carbonyl (C=O) groups is 2. The minimum Gasteiger partial charge on any atom is -0.497 e. The Morgan fingerprint density at radius 1 is 1.33 bits per heavy atom. The van der Waals surface area contributed by atoms with Crippen molar-refractivity contribution in [3.05, 3.63) is 29.8 Å². The fraction of sp³-hybridized carbons (Fsp3) is 0.333. The van der Waals surface area contributed by atoms with E-state index < -0.39 is 5.97 Å². The molecular formula is C12H16N2O4. The van der Waals surface area contributed by atoms with Crippen molar-refractivity contribution in [3.63, 3.8) is 0 Å². The topological polar surface area (TPSA) is 87.7 Å². The van der Waals surface area contributed by atoms with Crippen molar-refractivity contribution >= 4 is 11.9 Å². The van der Waals surface area contributed by atoms with Crippen molar-refractivity contribution in [2.24, 2.45) is 0 Å². The lowest BCUT2D eigenvalue weighted by atomic mass is 10.2. The molecule has 0 atom stereocenters. The normalized spacial score (nSPS) is 9.83. The first-order valence-electron chi connectivity index (χ1n) is 5.44. The van der Waals surface area contributed by atoms with Gasteiger partial charge in [0.25, 0.3) is 0 Å². The second kappa shape index (κ2) is 7.29. The summed E-state index contributed by atoms with van der Waals surface area (Å²) < 4.78 is 5.07. The predicted molar refractivity (Wildman–Crippen MR) is 65.3 cm³/mol. The summed E-state index contributed by atoms with van der Waals surface area (Å²) in [5.41, 5.74) is 0.986. The average Bonchev–Trinajstić information content (AvgIpc) is 2.36. The maximum atomic E-state index is 11.2. The fourth-order valence-corrected chi connectivity index (χ4v) is 1.34. The van der Waals surface area contributed by atoms with Gasteiger partial charge in [-0.2, -0.15) is 0 Å². The number of methoxy groups -OCH3 is 1. The molecule has 0 aliphatic carbocycles. The van der Waals surface area contributed by atoms with Crippen molar-refractivity contribution in [2.75, 3.05) is 20.2 Å². The third kappa shape index (κ3) is 5.31. The minimum absolute atomic E-state index is 0.0739. The van der Waals surface area contributed by atoms with Crippen molar-refractivity contribution < 1.29 is 19.4 Å². The highest BCUT2D eigenvalue weighted by Crippen LogP contribution is 2.11. The third-order valence-corrected chi connectivity index (χ3v) is 2.19. The summed E-state index contributed by atoms with van der Waals surface area (Å²) in [7, 11) is 1.59. The maximum absolute atomic E-state index is 11.2. The molecule has 1 amide bonds. The van der Waals surface area contributed by atoms with Gasteiger partial charge in [0.15, 0.2) is 0 Å². The number of carboxylic acids is 1. The molecular weight excluding hydrogens is 236 g/mol. The van der Waals surface area contributed by atoms with Gasteiger partial charge in [0, 0.05) is 6.54 Å². The van der Waals surface area contributed by atoms with Crippen LogP contribution < -0.4 is 15.4 Å². The molecule has 0 spiro atoms. The van der Waals surface area contributed by atoms with E-state index in [0.717, 1.165) is 11.3 Å². The van der Waals surface area contributed by atoms with Crippen LogP contribution in [-0.2, 0) is 16.1 Å². The number of aliphatic carboxylic acids is 1. The van der Waals surface area contributed by atoms with Crippen LogP contribution >= 0.6 is 0 Å². The summed E-state index contributed by atoms with van der Waals surface area (Å²) in [6, 6.07) is 7.47. The molecule has 0 unspecified atom stereocenters. The highest BCUT2D eigenvalue weighted by Gasteiger charge is 2.03. The summed E-state index contributed by atoms with van der Waals surface area (Å²) >= 11 is 0. The number of amides is 1. The largest absolute Gasteiger partial charge is 0.497 e. The third-order valence-electron chi connectivity index (χ3n) is 2.19. The lowest BCUT2D eigenvalue weighted by Gasteiger charge is -2.06. The van der Waals surface area contributed by atoms with Crippen LogP contribution in [-0.4, -0.2) is 37.2 Å². The van der Waals surface area contributed by atoms with Gasteiger partial charge >= 0.3 is 5.97 Å². The quantitative estimate of drug-likeness (QED) is 0.635. The highest BCUT2D eigenvalue weighted by atomic mass is 16.5. The molecule has 98 valence electrons. The van der Waals surface area contributed by atoms with Crippen LogP contribution in [0.5, 0.6) is 5.75 Å². The van der Waals surface area contributed by atoms with Gasteiger partial charge in [0.2, 0.25) is 5.91 Å². The molecule has 6 nitrogen and oxygen atoms in total. The Kier molecular flexibility index (Phi) is 5.66. The summed E-state index contributed by atoms with van der Waals surface area (Å²) in [4.78, 5) is 21.4. The molecule has 0 aromatic heterocycles. The Balaban J connectivity index is 2.28. The molecule has 0 fully saturated rings. The van der Waals surface area contributed by atoms with E-state index in [0.29, 0.717) is 6.54 Å².